The van der Waals surface area contributed by atoms with Gasteiger partial charge in [-0.3, -0.25) is 15.0 Å². The first kappa shape index (κ1) is 22.6. The fraction of sp³-hybridized carbons (Fsp3) is 0.414. The summed E-state index contributed by atoms with van der Waals surface area (Å²) in [6.07, 6.45) is 11.3. The number of aliphatic imine (C=N–C) groups is 1. The van der Waals surface area contributed by atoms with Crippen molar-refractivity contribution in [3.63, 3.8) is 0 Å². The van der Waals surface area contributed by atoms with Gasteiger partial charge >= 0.3 is 0 Å². The summed E-state index contributed by atoms with van der Waals surface area (Å²) in [5.74, 6) is 1.18. The van der Waals surface area contributed by atoms with Crippen LogP contribution >= 0.6 is 0 Å². The highest BCUT2D eigenvalue weighted by Gasteiger charge is 2.19. The average molecular weight is 454 g/mol. The third-order valence-electron chi connectivity index (χ3n) is 7.01. The lowest BCUT2D eigenvalue weighted by Gasteiger charge is -2.22. The topological polar surface area (TPSA) is 69.7 Å². The summed E-state index contributed by atoms with van der Waals surface area (Å²) >= 11 is 0. The van der Waals surface area contributed by atoms with E-state index in [1.807, 2.05) is 18.6 Å². The van der Waals surface area contributed by atoms with Gasteiger partial charge < -0.3 is 9.97 Å². The molecule has 5 heteroatoms. The molecule has 176 valence electrons. The molecule has 5 rings (SSSR count). The Hall–Kier alpha value is -3.21. The lowest BCUT2D eigenvalue weighted by molar-refractivity contribution is 0.642. The molecule has 5 nitrogen and oxygen atoms in total. The summed E-state index contributed by atoms with van der Waals surface area (Å²) in [6.45, 7) is 11.2. The molecule has 0 saturated heterocycles. The Labute approximate surface area is 201 Å². The number of allylic oxidation sites excluding steroid dienone is 1. The summed E-state index contributed by atoms with van der Waals surface area (Å²) in [5.41, 5.74) is 8.47. The van der Waals surface area contributed by atoms with E-state index in [2.05, 4.69) is 79.9 Å². The van der Waals surface area contributed by atoms with Crippen LogP contribution in [0.3, 0.4) is 0 Å². The SMILES string of the molecule is CC1CC(CC(C)c2cc3cc(CC(C)c4cc5[nH]ccc5cn4)[nH]c3cn2)=CC(C(C)C)=N1. The molecule has 0 fully saturated rings. The van der Waals surface area contributed by atoms with Crippen LogP contribution in [0.1, 0.15) is 76.4 Å². The maximum atomic E-state index is 4.83. The van der Waals surface area contributed by atoms with Crippen LogP contribution in [0.25, 0.3) is 21.8 Å². The Morgan fingerprint density at radius 2 is 1.68 bits per heavy atom. The van der Waals surface area contributed by atoms with Gasteiger partial charge in [0.2, 0.25) is 0 Å². The first-order valence-electron chi connectivity index (χ1n) is 12.5. The summed E-state index contributed by atoms with van der Waals surface area (Å²) in [4.78, 5) is 21.2. The van der Waals surface area contributed by atoms with Crippen molar-refractivity contribution in [2.45, 2.75) is 71.8 Å². The maximum Gasteiger partial charge on any atom is 0.0642 e. The quantitative estimate of drug-likeness (QED) is 0.313. The number of hydrogen-bond acceptors (Lipinski definition) is 3. The molecule has 1 aliphatic rings. The highest BCUT2D eigenvalue weighted by molar-refractivity contribution is 5.97. The molecule has 4 aromatic heterocycles. The van der Waals surface area contributed by atoms with Gasteiger partial charge in [-0.15, -0.1) is 0 Å². The van der Waals surface area contributed by atoms with Crippen LogP contribution in [0.15, 0.2) is 59.5 Å². The van der Waals surface area contributed by atoms with Gasteiger partial charge in [0.15, 0.2) is 0 Å². The Bertz CT molecular complexity index is 1370. The van der Waals surface area contributed by atoms with Crippen molar-refractivity contribution in [1.82, 2.24) is 19.9 Å². The van der Waals surface area contributed by atoms with E-state index < -0.39 is 0 Å². The van der Waals surface area contributed by atoms with Crippen LogP contribution in [0.4, 0.5) is 0 Å². The minimum atomic E-state index is 0.323. The molecule has 0 spiro atoms. The van der Waals surface area contributed by atoms with Crippen LogP contribution in [0.5, 0.6) is 0 Å². The van der Waals surface area contributed by atoms with Gasteiger partial charge in [-0.25, -0.2) is 0 Å². The van der Waals surface area contributed by atoms with Crippen LogP contribution in [0, 0.1) is 5.92 Å². The first-order valence-corrected chi connectivity index (χ1v) is 12.5. The van der Waals surface area contributed by atoms with E-state index >= 15 is 0 Å². The zero-order valence-corrected chi connectivity index (χ0v) is 20.9. The normalized spacial score (nSPS) is 18.4. The molecule has 5 heterocycles. The van der Waals surface area contributed by atoms with Crippen LogP contribution < -0.4 is 0 Å². The van der Waals surface area contributed by atoms with E-state index in [9.17, 15) is 0 Å². The number of fused-ring (bicyclic) bond motifs is 2. The van der Waals surface area contributed by atoms with Crippen molar-refractivity contribution in [2.24, 2.45) is 10.9 Å². The van der Waals surface area contributed by atoms with Gasteiger partial charge in [-0.05, 0) is 62.4 Å². The highest BCUT2D eigenvalue weighted by Crippen LogP contribution is 2.30. The molecule has 4 aromatic rings. The number of aromatic nitrogens is 4. The number of H-pyrrole nitrogens is 2. The van der Waals surface area contributed by atoms with Gasteiger partial charge in [-0.2, -0.15) is 0 Å². The number of dihydropyridines is 1. The third-order valence-corrected chi connectivity index (χ3v) is 7.01. The minimum absolute atomic E-state index is 0.323. The molecule has 34 heavy (non-hydrogen) atoms. The van der Waals surface area contributed by atoms with E-state index in [1.165, 1.54) is 22.4 Å². The second-order valence-electron chi connectivity index (χ2n) is 10.4. The summed E-state index contributed by atoms with van der Waals surface area (Å²) in [5, 5.41) is 2.39. The lowest BCUT2D eigenvalue weighted by atomic mass is 9.89. The van der Waals surface area contributed by atoms with Crippen molar-refractivity contribution in [3.05, 3.63) is 71.6 Å². The summed E-state index contributed by atoms with van der Waals surface area (Å²) in [6, 6.07) is 9.14. The summed E-state index contributed by atoms with van der Waals surface area (Å²) < 4.78 is 0. The van der Waals surface area contributed by atoms with Crippen molar-refractivity contribution < 1.29 is 0 Å². The van der Waals surface area contributed by atoms with Crippen LogP contribution in [-0.4, -0.2) is 31.7 Å². The average Bonchev–Trinajstić information content (AvgIpc) is 3.43. The first-order chi connectivity index (χ1) is 16.4. The fourth-order valence-electron chi connectivity index (χ4n) is 5.09. The monoisotopic (exact) mass is 453 g/mol. The van der Waals surface area contributed by atoms with E-state index in [1.54, 1.807) is 0 Å². The van der Waals surface area contributed by atoms with Gasteiger partial charge in [-0.1, -0.05) is 33.3 Å². The molecule has 0 radical (unpaired) electrons. The molecular formula is C29H35N5. The molecule has 0 saturated carbocycles. The molecule has 0 aliphatic carbocycles. The molecule has 0 amide bonds. The molecular weight excluding hydrogens is 418 g/mol. The maximum absolute atomic E-state index is 4.83. The van der Waals surface area contributed by atoms with E-state index in [0.29, 0.717) is 23.8 Å². The Morgan fingerprint density at radius 1 is 0.912 bits per heavy atom. The van der Waals surface area contributed by atoms with Crippen molar-refractivity contribution >= 4 is 27.5 Å². The van der Waals surface area contributed by atoms with Gasteiger partial charge in [0.05, 0.1) is 17.8 Å². The number of nitrogens with zero attached hydrogens (tertiary/aromatic N) is 3. The van der Waals surface area contributed by atoms with E-state index in [4.69, 9.17) is 9.98 Å². The van der Waals surface area contributed by atoms with Crippen molar-refractivity contribution in [3.8, 4) is 0 Å². The zero-order valence-electron chi connectivity index (χ0n) is 20.9. The van der Waals surface area contributed by atoms with E-state index in [-0.39, 0.29) is 0 Å². The van der Waals surface area contributed by atoms with Gasteiger partial charge in [0.25, 0.3) is 0 Å². The Balaban J connectivity index is 1.30. The molecule has 0 aromatic carbocycles. The molecule has 3 atom stereocenters. The van der Waals surface area contributed by atoms with Crippen molar-refractivity contribution in [1.29, 1.82) is 0 Å². The molecule has 0 bridgehead atoms. The Morgan fingerprint density at radius 3 is 2.50 bits per heavy atom. The number of nitrogens with one attached hydrogen (secondary N) is 2. The second-order valence-corrected chi connectivity index (χ2v) is 10.4. The lowest BCUT2D eigenvalue weighted by Crippen LogP contribution is -2.17. The third kappa shape index (κ3) is 4.70. The number of pyridine rings is 2. The largest absolute Gasteiger partial charge is 0.361 e. The standard InChI is InChI=1S/C29H35N5/c1-17(2)25-11-21(10-20(5)33-25)8-18(3)26-13-23-12-24(34-29(23)16-32-26)9-19(4)27-14-28-22(15-31-27)6-7-30-28/h6-7,11-20,30,34H,8-10H2,1-5H3. The number of hydrogen-bond donors (Lipinski definition) is 2. The second kappa shape index (κ2) is 9.21. The minimum Gasteiger partial charge on any atom is -0.361 e. The van der Waals surface area contributed by atoms with Crippen molar-refractivity contribution in [2.75, 3.05) is 0 Å². The zero-order chi connectivity index (χ0) is 23.8. The predicted octanol–water partition coefficient (Wildman–Crippen LogP) is 7.09. The smallest absolute Gasteiger partial charge is 0.0642 e. The van der Waals surface area contributed by atoms with Gasteiger partial charge in [0, 0.05) is 63.3 Å². The van der Waals surface area contributed by atoms with E-state index in [0.717, 1.165) is 47.1 Å². The molecule has 3 unspecified atom stereocenters. The fourth-order valence-corrected chi connectivity index (χ4v) is 5.09. The van der Waals surface area contributed by atoms with Gasteiger partial charge in [0.1, 0.15) is 0 Å². The Kier molecular flexibility index (Phi) is 6.11. The number of rotatable bonds is 7. The molecule has 2 N–H and O–H groups in total. The molecule has 1 aliphatic heterocycles. The number of aromatic amines is 2. The highest BCUT2D eigenvalue weighted by atomic mass is 14.8. The van der Waals surface area contributed by atoms with Crippen LogP contribution in [0.2, 0.25) is 0 Å². The van der Waals surface area contributed by atoms with Crippen LogP contribution in [-0.2, 0) is 6.42 Å². The summed E-state index contributed by atoms with van der Waals surface area (Å²) in [7, 11) is 0. The predicted molar refractivity (Wildman–Crippen MR) is 142 cm³/mol.